The highest BCUT2D eigenvalue weighted by Crippen LogP contribution is 2.48. The topological polar surface area (TPSA) is 67.0 Å². The zero-order valence-electron chi connectivity index (χ0n) is 14.2. The van der Waals surface area contributed by atoms with Gasteiger partial charge in [-0.05, 0) is 29.6 Å². The van der Waals surface area contributed by atoms with E-state index in [4.69, 9.17) is 0 Å². The lowest BCUT2D eigenvalue weighted by atomic mass is 9.58. The summed E-state index contributed by atoms with van der Waals surface area (Å²) in [7, 11) is 0. The van der Waals surface area contributed by atoms with Crippen molar-refractivity contribution in [3.8, 4) is 5.75 Å². The van der Waals surface area contributed by atoms with Gasteiger partial charge in [0.25, 0.3) is 0 Å². The highest BCUT2D eigenvalue weighted by Gasteiger charge is 2.43. The van der Waals surface area contributed by atoms with Crippen molar-refractivity contribution in [3.05, 3.63) is 16.6 Å². The van der Waals surface area contributed by atoms with Gasteiger partial charge in [-0.1, -0.05) is 34.6 Å². The highest BCUT2D eigenvalue weighted by molar-refractivity contribution is 5.54. The van der Waals surface area contributed by atoms with Crippen LogP contribution in [-0.4, -0.2) is 22.9 Å². The van der Waals surface area contributed by atoms with E-state index in [1.807, 2.05) is 0 Å². The SMILES string of the molecule is C[C@@H]1[C@@H](C)C(C)(C)[C@@H](C)C[C@H]1Nc1cn[nH]c(=O)c1OC(F)F. The first kappa shape index (κ1) is 17.7. The van der Waals surface area contributed by atoms with Crippen molar-refractivity contribution in [2.75, 3.05) is 5.32 Å². The smallest absolute Gasteiger partial charge is 0.387 e. The molecular weight excluding hydrogens is 304 g/mol. The van der Waals surface area contributed by atoms with Gasteiger partial charge in [0.05, 0.1) is 6.20 Å². The Morgan fingerprint density at radius 2 is 2.04 bits per heavy atom. The number of H-pyrrole nitrogens is 1. The van der Waals surface area contributed by atoms with Gasteiger partial charge in [0.1, 0.15) is 5.69 Å². The molecule has 1 aliphatic rings. The maximum Gasteiger partial charge on any atom is 0.387 e. The van der Waals surface area contributed by atoms with Crippen molar-refractivity contribution in [2.45, 2.75) is 53.7 Å². The Morgan fingerprint density at radius 3 is 2.65 bits per heavy atom. The molecule has 0 aliphatic heterocycles. The van der Waals surface area contributed by atoms with Gasteiger partial charge >= 0.3 is 12.2 Å². The van der Waals surface area contributed by atoms with Gasteiger partial charge in [-0.3, -0.25) is 4.79 Å². The number of aromatic nitrogens is 2. The first-order valence-corrected chi connectivity index (χ1v) is 7.93. The Labute approximate surface area is 134 Å². The Hall–Kier alpha value is -1.66. The molecular formula is C16H25F2N3O2. The van der Waals surface area contributed by atoms with Crippen LogP contribution < -0.4 is 15.6 Å². The average Bonchev–Trinajstić information content (AvgIpc) is 2.46. The standard InChI is InChI=1S/C16H25F2N3O2/c1-8-6-11(9(2)10(3)16(8,4)5)20-12-7-19-21-14(22)13(12)23-15(17)18/h7-11,15H,6H2,1-5H3,(H2,20,21,22)/t8-,9+,10+,11+/m0/s1. The second kappa shape index (κ2) is 6.45. The molecule has 1 aromatic heterocycles. The van der Waals surface area contributed by atoms with Crippen LogP contribution in [0, 0.1) is 23.2 Å². The zero-order valence-corrected chi connectivity index (χ0v) is 14.2. The van der Waals surface area contributed by atoms with E-state index in [0.29, 0.717) is 17.8 Å². The van der Waals surface area contributed by atoms with Gasteiger partial charge in [-0.15, -0.1) is 0 Å². The van der Waals surface area contributed by atoms with Gasteiger partial charge in [0.2, 0.25) is 5.75 Å². The van der Waals surface area contributed by atoms with Crippen molar-refractivity contribution < 1.29 is 13.5 Å². The van der Waals surface area contributed by atoms with E-state index in [0.717, 1.165) is 6.42 Å². The summed E-state index contributed by atoms with van der Waals surface area (Å²) in [5.41, 5.74) is -0.350. The van der Waals surface area contributed by atoms with Gasteiger partial charge < -0.3 is 10.1 Å². The quantitative estimate of drug-likeness (QED) is 0.887. The number of ether oxygens (including phenoxy) is 1. The Morgan fingerprint density at radius 1 is 1.39 bits per heavy atom. The summed E-state index contributed by atoms with van der Waals surface area (Å²) in [6.07, 6.45) is 2.21. The van der Waals surface area contributed by atoms with Crippen molar-refractivity contribution in [2.24, 2.45) is 23.2 Å². The van der Waals surface area contributed by atoms with Crippen LogP contribution in [0.3, 0.4) is 0 Å². The molecule has 2 N–H and O–H groups in total. The number of hydrogen-bond donors (Lipinski definition) is 2. The number of anilines is 1. The van der Waals surface area contributed by atoms with Crippen LogP contribution in [-0.2, 0) is 0 Å². The second-order valence-electron chi connectivity index (χ2n) is 7.18. The lowest BCUT2D eigenvalue weighted by Crippen LogP contribution is -2.48. The molecule has 1 fully saturated rings. The Bertz CT molecular complexity index is 603. The summed E-state index contributed by atoms with van der Waals surface area (Å²) in [6.45, 7) is 8.01. The first-order valence-electron chi connectivity index (χ1n) is 7.93. The van der Waals surface area contributed by atoms with E-state index in [2.05, 4.69) is 54.9 Å². The monoisotopic (exact) mass is 329 g/mol. The minimum absolute atomic E-state index is 0.0663. The molecule has 23 heavy (non-hydrogen) atoms. The van der Waals surface area contributed by atoms with Gasteiger partial charge in [-0.2, -0.15) is 13.9 Å². The summed E-state index contributed by atoms with van der Waals surface area (Å²) in [5, 5.41) is 9.01. The van der Waals surface area contributed by atoms with Crippen LogP contribution in [0.4, 0.5) is 14.5 Å². The summed E-state index contributed by atoms with van der Waals surface area (Å²) in [4.78, 5) is 11.7. The molecule has 0 unspecified atom stereocenters. The molecule has 0 bridgehead atoms. The maximum absolute atomic E-state index is 12.5. The fourth-order valence-electron chi connectivity index (χ4n) is 3.46. The van der Waals surface area contributed by atoms with E-state index in [1.54, 1.807) is 0 Å². The molecule has 0 saturated heterocycles. The lowest BCUT2D eigenvalue weighted by molar-refractivity contribution is -0.0505. The second-order valence-corrected chi connectivity index (χ2v) is 7.18. The molecule has 4 atom stereocenters. The molecule has 0 amide bonds. The molecule has 7 heteroatoms. The van der Waals surface area contributed by atoms with E-state index < -0.39 is 17.9 Å². The third-order valence-corrected chi connectivity index (χ3v) is 5.83. The van der Waals surface area contributed by atoms with E-state index in [1.165, 1.54) is 6.20 Å². The summed E-state index contributed by atoms with van der Waals surface area (Å²) >= 11 is 0. The van der Waals surface area contributed by atoms with Crippen LogP contribution in [0.15, 0.2) is 11.0 Å². The van der Waals surface area contributed by atoms with Crippen molar-refractivity contribution in [1.82, 2.24) is 10.2 Å². The van der Waals surface area contributed by atoms with Crippen LogP contribution in [0.2, 0.25) is 0 Å². The minimum Gasteiger partial charge on any atom is -0.427 e. The van der Waals surface area contributed by atoms with Crippen LogP contribution in [0.1, 0.15) is 41.0 Å². The zero-order chi connectivity index (χ0) is 17.4. The van der Waals surface area contributed by atoms with Gasteiger partial charge in [0.15, 0.2) is 0 Å². The number of halogens is 2. The number of rotatable bonds is 4. The van der Waals surface area contributed by atoms with E-state index in [-0.39, 0.29) is 17.1 Å². The summed E-state index contributed by atoms with van der Waals surface area (Å²) in [5.74, 6) is 0.811. The maximum atomic E-state index is 12.5. The molecule has 1 aromatic rings. The summed E-state index contributed by atoms with van der Waals surface area (Å²) < 4.78 is 29.4. The number of nitrogens with one attached hydrogen (secondary N) is 2. The molecule has 0 radical (unpaired) electrons. The van der Waals surface area contributed by atoms with E-state index >= 15 is 0 Å². The third-order valence-electron chi connectivity index (χ3n) is 5.83. The van der Waals surface area contributed by atoms with Gasteiger partial charge in [0, 0.05) is 6.04 Å². The van der Waals surface area contributed by atoms with Crippen LogP contribution >= 0.6 is 0 Å². The first-order chi connectivity index (χ1) is 10.6. The molecule has 5 nitrogen and oxygen atoms in total. The number of nitrogens with zero attached hydrogens (tertiary/aromatic N) is 1. The van der Waals surface area contributed by atoms with Gasteiger partial charge in [-0.25, -0.2) is 5.10 Å². The highest BCUT2D eigenvalue weighted by atomic mass is 19.3. The van der Waals surface area contributed by atoms with Crippen LogP contribution in [0.5, 0.6) is 5.75 Å². The molecule has 0 aromatic carbocycles. The average molecular weight is 329 g/mol. The normalized spacial score (nSPS) is 30.3. The Balaban J connectivity index is 2.26. The number of alkyl halides is 2. The lowest BCUT2D eigenvalue weighted by Gasteiger charge is -2.50. The van der Waals surface area contributed by atoms with Crippen LogP contribution in [0.25, 0.3) is 0 Å². The minimum atomic E-state index is -3.06. The number of aromatic amines is 1. The molecule has 1 heterocycles. The molecule has 1 aliphatic carbocycles. The Kier molecular flexibility index (Phi) is 4.96. The predicted molar refractivity (Wildman–Crippen MR) is 84.8 cm³/mol. The van der Waals surface area contributed by atoms with Crippen molar-refractivity contribution >= 4 is 5.69 Å². The molecule has 0 spiro atoms. The largest absolute Gasteiger partial charge is 0.427 e. The van der Waals surface area contributed by atoms with Crippen molar-refractivity contribution in [3.63, 3.8) is 0 Å². The molecule has 130 valence electrons. The fourth-order valence-corrected chi connectivity index (χ4v) is 3.46. The fraction of sp³-hybridized carbons (Fsp3) is 0.750. The number of hydrogen-bond acceptors (Lipinski definition) is 4. The molecule has 2 rings (SSSR count). The molecule has 1 saturated carbocycles. The van der Waals surface area contributed by atoms with E-state index in [9.17, 15) is 13.6 Å². The third kappa shape index (κ3) is 3.48. The summed E-state index contributed by atoms with van der Waals surface area (Å²) in [6, 6.07) is 0.0663. The predicted octanol–water partition coefficient (Wildman–Crippen LogP) is 3.49. The van der Waals surface area contributed by atoms with Crippen molar-refractivity contribution in [1.29, 1.82) is 0 Å².